The Kier molecular flexibility index (Phi) is 1.83. The molecule has 0 aliphatic carbocycles. The standard InChI is InChI=1S/C11H11N4O2/c1-7-5-8(2)14-12-10-4-3-9(15(16)17)6-11(10)13(7)14/h3-7H,1-2H3/q+1. The summed E-state index contributed by atoms with van der Waals surface area (Å²) < 4.78 is 1.96. The molecule has 6 heteroatoms. The molecule has 0 bridgehead atoms. The average Bonchev–Trinajstić information content (AvgIpc) is 2.77. The van der Waals surface area contributed by atoms with Crippen molar-refractivity contribution >= 4 is 22.4 Å². The highest BCUT2D eigenvalue weighted by Gasteiger charge is 2.30. The van der Waals surface area contributed by atoms with Crippen molar-refractivity contribution in [2.45, 2.75) is 19.9 Å². The number of non-ortho nitro benzene ring substituents is 1. The second-order valence-electron chi connectivity index (χ2n) is 4.21. The van der Waals surface area contributed by atoms with Crippen molar-refractivity contribution in [3.05, 3.63) is 34.4 Å². The van der Waals surface area contributed by atoms with E-state index in [0.29, 0.717) is 0 Å². The van der Waals surface area contributed by atoms with E-state index >= 15 is 0 Å². The molecule has 0 saturated carbocycles. The van der Waals surface area contributed by atoms with Crippen molar-refractivity contribution in [3.8, 4) is 0 Å². The van der Waals surface area contributed by atoms with Gasteiger partial charge in [0.2, 0.25) is 11.0 Å². The van der Waals surface area contributed by atoms with Gasteiger partial charge >= 0.3 is 0 Å². The van der Waals surface area contributed by atoms with Gasteiger partial charge in [-0.1, -0.05) is 0 Å². The number of benzene rings is 1. The van der Waals surface area contributed by atoms with E-state index in [-0.39, 0.29) is 16.7 Å². The fourth-order valence-corrected chi connectivity index (χ4v) is 2.27. The zero-order valence-electron chi connectivity index (χ0n) is 9.49. The number of nitro groups is 1. The minimum atomic E-state index is -0.385. The van der Waals surface area contributed by atoms with Gasteiger partial charge in [0.15, 0.2) is 0 Å². The number of hydrogen-bond donors (Lipinski definition) is 0. The molecule has 1 aromatic carbocycles. The number of hydrogen-bond acceptors (Lipinski definition) is 3. The Balaban J connectivity index is 2.32. The van der Waals surface area contributed by atoms with Crippen LogP contribution < -0.4 is 4.68 Å². The molecule has 0 saturated heterocycles. The van der Waals surface area contributed by atoms with Crippen molar-refractivity contribution in [1.29, 1.82) is 0 Å². The Bertz CT molecular complexity index is 671. The summed E-state index contributed by atoms with van der Waals surface area (Å²) in [6, 6.07) is 4.91. The van der Waals surface area contributed by atoms with E-state index in [4.69, 9.17) is 0 Å². The Morgan fingerprint density at radius 2 is 2.29 bits per heavy atom. The summed E-state index contributed by atoms with van der Waals surface area (Å²) in [4.78, 5) is 12.2. The zero-order chi connectivity index (χ0) is 12.2. The highest BCUT2D eigenvalue weighted by molar-refractivity contribution is 5.74. The van der Waals surface area contributed by atoms with Crippen LogP contribution in [-0.4, -0.2) is 14.8 Å². The van der Waals surface area contributed by atoms with Crippen molar-refractivity contribution in [1.82, 2.24) is 9.90 Å². The smallest absolute Gasteiger partial charge is 0.258 e. The summed E-state index contributed by atoms with van der Waals surface area (Å²) in [5.41, 5.74) is 2.70. The van der Waals surface area contributed by atoms with E-state index < -0.39 is 0 Å². The number of nitro benzene ring substituents is 1. The minimum Gasteiger partial charge on any atom is -0.258 e. The van der Waals surface area contributed by atoms with Crippen molar-refractivity contribution < 1.29 is 9.61 Å². The largest absolute Gasteiger partial charge is 0.274 e. The number of nitrogens with zero attached hydrogens (tertiary/aromatic N) is 4. The van der Waals surface area contributed by atoms with Gasteiger partial charge in [0, 0.05) is 12.1 Å². The molecule has 2 heterocycles. The quantitative estimate of drug-likeness (QED) is 0.426. The first-order chi connectivity index (χ1) is 8.08. The Labute approximate surface area is 96.9 Å². The molecule has 0 spiro atoms. The first kappa shape index (κ1) is 9.95. The highest BCUT2D eigenvalue weighted by Crippen LogP contribution is 2.22. The molecule has 0 amide bonds. The van der Waals surface area contributed by atoms with Crippen molar-refractivity contribution in [2.75, 3.05) is 0 Å². The molecule has 0 N–H and O–H groups in total. The Morgan fingerprint density at radius 3 is 3.00 bits per heavy atom. The molecule has 17 heavy (non-hydrogen) atoms. The second kappa shape index (κ2) is 3.13. The van der Waals surface area contributed by atoms with Crippen molar-refractivity contribution in [3.63, 3.8) is 0 Å². The van der Waals surface area contributed by atoms with Gasteiger partial charge in [0.25, 0.3) is 5.69 Å². The number of fused-ring (bicyclic) bond motifs is 3. The lowest BCUT2D eigenvalue weighted by Gasteiger charge is -1.97. The lowest BCUT2D eigenvalue weighted by Crippen LogP contribution is -2.41. The zero-order valence-corrected chi connectivity index (χ0v) is 9.49. The summed E-state index contributed by atoms with van der Waals surface area (Å²) in [5, 5.41) is 15.2. The van der Waals surface area contributed by atoms with Crippen LogP contribution in [0.15, 0.2) is 24.3 Å². The van der Waals surface area contributed by atoms with Gasteiger partial charge < -0.3 is 0 Å². The van der Waals surface area contributed by atoms with Crippen LogP contribution in [0.2, 0.25) is 0 Å². The third kappa shape index (κ3) is 1.27. The van der Waals surface area contributed by atoms with Crippen LogP contribution in [0, 0.1) is 10.1 Å². The molecule has 0 radical (unpaired) electrons. The SMILES string of the molecule is CC1=CC(C)[n+]2c3cc([N+](=O)[O-])ccc3nn21. The molecule has 1 aromatic heterocycles. The molecule has 86 valence electrons. The number of rotatable bonds is 1. The first-order valence-electron chi connectivity index (χ1n) is 5.36. The summed E-state index contributed by atoms with van der Waals surface area (Å²) >= 11 is 0. The fraction of sp³-hybridized carbons (Fsp3) is 0.273. The van der Waals surface area contributed by atoms with Crippen LogP contribution in [0.25, 0.3) is 16.7 Å². The maximum Gasteiger partial charge on any atom is 0.274 e. The van der Waals surface area contributed by atoms with Crippen LogP contribution in [0.1, 0.15) is 19.9 Å². The predicted molar refractivity (Wildman–Crippen MR) is 61.2 cm³/mol. The van der Waals surface area contributed by atoms with Crippen LogP contribution >= 0.6 is 0 Å². The molecule has 0 fully saturated rings. The van der Waals surface area contributed by atoms with Crippen LogP contribution in [0.3, 0.4) is 0 Å². The van der Waals surface area contributed by atoms with E-state index in [1.54, 1.807) is 16.9 Å². The summed E-state index contributed by atoms with van der Waals surface area (Å²) in [7, 11) is 0. The van der Waals surface area contributed by atoms with Gasteiger partial charge in [-0.25, -0.2) is 0 Å². The van der Waals surface area contributed by atoms with E-state index in [1.807, 2.05) is 18.5 Å². The third-order valence-corrected chi connectivity index (χ3v) is 3.01. The lowest BCUT2D eigenvalue weighted by atomic mass is 10.2. The molecule has 2 aromatic rings. The van der Waals surface area contributed by atoms with Crippen molar-refractivity contribution in [2.24, 2.45) is 0 Å². The van der Waals surface area contributed by atoms with Gasteiger partial charge in [-0.2, -0.15) is 0 Å². The van der Waals surface area contributed by atoms with Gasteiger partial charge in [0.1, 0.15) is 11.7 Å². The van der Waals surface area contributed by atoms with Gasteiger partial charge in [-0.3, -0.25) is 10.1 Å². The second-order valence-corrected chi connectivity index (χ2v) is 4.21. The minimum absolute atomic E-state index is 0.0950. The monoisotopic (exact) mass is 231 g/mol. The van der Waals surface area contributed by atoms with Gasteiger partial charge in [-0.15, -0.1) is 4.68 Å². The maximum absolute atomic E-state index is 10.8. The molecule has 6 nitrogen and oxygen atoms in total. The Hall–Kier alpha value is -2.24. The summed E-state index contributed by atoms with van der Waals surface area (Å²) in [5.74, 6) is 0. The number of aromatic nitrogens is 3. The topological polar surface area (TPSA) is 64.8 Å². The molecular formula is C11H11N4O2+. The molecule has 3 rings (SSSR count). The third-order valence-electron chi connectivity index (χ3n) is 3.01. The van der Waals surface area contributed by atoms with E-state index in [0.717, 1.165) is 16.7 Å². The Morgan fingerprint density at radius 1 is 1.53 bits per heavy atom. The molecule has 1 atom stereocenters. The molecule has 1 aliphatic rings. The van der Waals surface area contributed by atoms with E-state index in [1.165, 1.54) is 6.07 Å². The summed E-state index contributed by atoms with van der Waals surface area (Å²) in [6.45, 7) is 4.01. The normalized spacial score (nSPS) is 18.2. The highest BCUT2D eigenvalue weighted by atomic mass is 16.6. The van der Waals surface area contributed by atoms with Crippen LogP contribution in [0.4, 0.5) is 5.69 Å². The molecular weight excluding hydrogens is 220 g/mol. The average molecular weight is 231 g/mol. The van der Waals surface area contributed by atoms with Gasteiger partial charge in [0.05, 0.1) is 16.1 Å². The van der Waals surface area contributed by atoms with Crippen LogP contribution in [-0.2, 0) is 0 Å². The van der Waals surface area contributed by atoms with Gasteiger partial charge in [-0.05, 0) is 24.7 Å². The molecule has 1 unspecified atom stereocenters. The molecule has 1 aliphatic heterocycles. The first-order valence-corrected chi connectivity index (χ1v) is 5.36. The summed E-state index contributed by atoms with van der Waals surface area (Å²) in [6.07, 6.45) is 2.07. The predicted octanol–water partition coefficient (Wildman–Crippen LogP) is 1.67. The lowest BCUT2D eigenvalue weighted by molar-refractivity contribution is -0.751. The fourth-order valence-electron chi connectivity index (χ4n) is 2.27. The number of allylic oxidation sites excluding steroid dienone is 2. The van der Waals surface area contributed by atoms with Crippen LogP contribution in [0.5, 0.6) is 0 Å². The van der Waals surface area contributed by atoms with E-state index in [2.05, 4.69) is 11.2 Å². The maximum atomic E-state index is 10.8. The van der Waals surface area contributed by atoms with E-state index in [9.17, 15) is 10.1 Å².